The van der Waals surface area contributed by atoms with E-state index in [1.807, 2.05) is 24.3 Å². The van der Waals surface area contributed by atoms with Crippen molar-refractivity contribution in [3.05, 3.63) is 54.1 Å². The molecule has 0 aliphatic heterocycles. The molecule has 4 rings (SSSR count). The highest BCUT2D eigenvalue weighted by molar-refractivity contribution is 5.85. The van der Waals surface area contributed by atoms with Crippen molar-refractivity contribution in [2.75, 3.05) is 0 Å². The average molecular weight is 358 g/mol. The number of rotatable bonds is 3. The highest BCUT2D eigenvalue weighted by Gasteiger charge is 2.20. The molecule has 0 radical (unpaired) electrons. The SMILES string of the molecule is CC[C@H](C)n1c(-c2ccc(C(C)(C)C)cc2)nc2nc3ccccc3nc21. The van der Waals surface area contributed by atoms with E-state index < -0.39 is 0 Å². The molecule has 4 nitrogen and oxygen atoms in total. The molecule has 2 aromatic carbocycles. The Bertz CT molecular complexity index is 1100. The molecule has 1 atom stereocenters. The Balaban J connectivity index is 1.94. The second-order valence-corrected chi connectivity index (χ2v) is 8.25. The fourth-order valence-electron chi connectivity index (χ4n) is 3.40. The van der Waals surface area contributed by atoms with E-state index in [-0.39, 0.29) is 5.41 Å². The van der Waals surface area contributed by atoms with Gasteiger partial charge in [-0.25, -0.2) is 15.0 Å². The molecule has 2 aromatic heterocycles. The number of fused-ring (bicyclic) bond motifs is 2. The lowest BCUT2D eigenvalue weighted by Gasteiger charge is -2.20. The molecule has 0 fully saturated rings. The summed E-state index contributed by atoms with van der Waals surface area (Å²) in [5, 5.41) is 0. The smallest absolute Gasteiger partial charge is 0.198 e. The van der Waals surface area contributed by atoms with Gasteiger partial charge in [-0.1, -0.05) is 64.1 Å². The van der Waals surface area contributed by atoms with Gasteiger partial charge in [-0.05, 0) is 36.5 Å². The van der Waals surface area contributed by atoms with Crippen LogP contribution in [-0.4, -0.2) is 19.5 Å². The van der Waals surface area contributed by atoms with E-state index in [1.165, 1.54) is 5.56 Å². The van der Waals surface area contributed by atoms with Gasteiger partial charge in [0.15, 0.2) is 11.3 Å². The third-order valence-electron chi connectivity index (χ3n) is 5.24. The molecule has 138 valence electrons. The van der Waals surface area contributed by atoms with Crippen LogP contribution in [0, 0.1) is 0 Å². The van der Waals surface area contributed by atoms with Gasteiger partial charge in [0, 0.05) is 11.6 Å². The van der Waals surface area contributed by atoms with Crippen molar-refractivity contribution in [2.24, 2.45) is 0 Å². The number of hydrogen-bond acceptors (Lipinski definition) is 3. The monoisotopic (exact) mass is 358 g/mol. The summed E-state index contributed by atoms with van der Waals surface area (Å²) in [6.45, 7) is 11.1. The third kappa shape index (κ3) is 3.09. The van der Waals surface area contributed by atoms with Gasteiger partial charge in [-0.15, -0.1) is 0 Å². The number of para-hydroxylation sites is 2. The van der Waals surface area contributed by atoms with Gasteiger partial charge in [0.25, 0.3) is 0 Å². The quantitative estimate of drug-likeness (QED) is 0.457. The van der Waals surface area contributed by atoms with Gasteiger partial charge in [-0.2, -0.15) is 0 Å². The molecule has 0 aliphatic rings. The van der Waals surface area contributed by atoms with Crippen LogP contribution in [-0.2, 0) is 5.41 Å². The fourth-order valence-corrected chi connectivity index (χ4v) is 3.40. The summed E-state index contributed by atoms with van der Waals surface area (Å²) in [6.07, 6.45) is 1.01. The van der Waals surface area contributed by atoms with E-state index in [1.54, 1.807) is 0 Å². The summed E-state index contributed by atoms with van der Waals surface area (Å²) in [7, 11) is 0. The van der Waals surface area contributed by atoms with Crippen LogP contribution in [0.4, 0.5) is 0 Å². The lowest BCUT2D eigenvalue weighted by Crippen LogP contribution is -2.11. The number of aromatic nitrogens is 4. The van der Waals surface area contributed by atoms with Gasteiger partial charge in [0.1, 0.15) is 5.82 Å². The van der Waals surface area contributed by atoms with Crippen LogP contribution in [0.1, 0.15) is 52.6 Å². The number of benzene rings is 2. The predicted molar refractivity (Wildman–Crippen MR) is 112 cm³/mol. The molecular formula is C23H26N4. The zero-order valence-electron chi connectivity index (χ0n) is 16.7. The number of nitrogens with zero attached hydrogens (tertiary/aromatic N) is 4. The molecule has 4 heteroatoms. The Labute approximate surface area is 160 Å². The first-order valence-corrected chi connectivity index (χ1v) is 9.64. The van der Waals surface area contributed by atoms with Crippen molar-refractivity contribution >= 4 is 22.3 Å². The van der Waals surface area contributed by atoms with Gasteiger partial charge in [0.2, 0.25) is 0 Å². The lowest BCUT2D eigenvalue weighted by atomic mass is 9.86. The van der Waals surface area contributed by atoms with Crippen LogP contribution >= 0.6 is 0 Å². The molecule has 0 saturated heterocycles. The zero-order valence-corrected chi connectivity index (χ0v) is 16.7. The first kappa shape index (κ1) is 17.7. The normalized spacial score (nSPS) is 13.4. The van der Waals surface area contributed by atoms with Crippen LogP contribution < -0.4 is 0 Å². The van der Waals surface area contributed by atoms with Crippen molar-refractivity contribution in [1.29, 1.82) is 0 Å². The zero-order chi connectivity index (χ0) is 19.2. The van der Waals surface area contributed by atoms with E-state index in [4.69, 9.17) is 15.0 Å². The van der Waals surface area contributed by atoms with Crippen LogP contribution in [0.15, 0.2) is 48.5 Å². The maximum Gasteiger partial charge on any atom is 0.198 e. The summed E-state index contributed by atoms with van der Waals surface area (Å²) in [4.78, 5) is 14.5. The summed E-state index contributed by atoms with van der Waals surface area (Å²) >= 11 is 0. The van der Waals surface area contributed by atoms with Gasteiger partial charge >= 0.3 is 0 Å². The highest BCUT2D eigenvalue weighted by atomic mass is 15.2. The topological polar surface area (TPSA) is 43.6 Å². The first-order valence-electron chi connectivity index (χ1n) is 9.64. The minimum atomic E-state index is 0.135. The summed E-state index contributed by atoms with van der Waals surface area (Å²) in [5.74, 6) is 0.940. The van der Waals surface area contributed by atoms with Crippen LogP contribution in [0.2, 0.25) is 0 Å². The minimum Gasteiger partial charge on any atom is -0.304 e. The molecule has 27 heavy (non-hydrogen) atoms. The number of imidazole rings is 1. The van der Waals surface area contributed by atoms with E-state index >= 15 is 0 Å². The Hall–Kier alpha value is -2.75. The second-order valence-electron chi connectivity index (χ2n) is 8.25. The van der Waals surface area contributed by atoms with E-state index in [0.29, 0.717) is 11.7 Å². The number of hydrogen-bond donors (Lipinski definition) is 0. The third-order valence-corrected chi connectivity index (χ3v) is 5.24. The summed E-state index contributed by atoms with van der Waals surface area (Å²) < 4.78 is 2.24. The van der Waals surface area contributed by atoms with E-state index in [0.717, 1.165) is 34.5 Å². The summed E-state index contributed by atoms with van der Waals surface area (Å²) in [6, 6.07) is 17.0. The lowest BCUT2D eigenvalue weighted by molar-refractivity contribution is 0.547. The molecule has 0 unspecified atom stereocenters. The Kier molecular flexibility index (Phi) is 4.22. The van der Waals surface area contributed by atoms with Gasteiger partial charge in [0.05, 0.1) is 11.0 Å². The highest BCUT2D eigenvalue weighted by Crippen LogP contribution is 2.31. The van der Waals surface area contributed by atoms with Crippen LogP contribution in [0.5, 0.6) is 0 Å². The van der Waals surface area contributed by atoms with Crippen LogP contribution in [0.25, 0.3) is 33.7 Å². The Morgan fingerprint density at radius 3 is 2.11 bits per heavy atom. The molecule has 0 N–H and O–H groups in total. The Morgan fingerprint density at radius 1 is 0.889 bits per heavy atom. The summed E-state index contributed by atoms with van der Waals surface area (Å²) in [5.41, 5.74) is 5.92. The molecule has 4 aromatic rings. The molecular weight excluding hydrogens is 332 g/mol. The largest absolute Gasteiger partial charge is 0.304 e. The molecule has 0 bridgehead atoms. The first-order chi connectivity index (χ1) is 12.9. The molecule has 0 aliphatic carbocycles. The van der Waals surface area contributed by atoms with Crippen LogP contribution in [0.3, 0.4) is 0 Å². The van der Waals surface area contributed by atoms with Gasteiger partial charge in [-0.3, -0.25) is 0 Å². The van der Waals surface area contributed by atoms with E-state index in [9.17, 15) is 0 Å². The van der Waals surface area contributed by atoms with Crippen molar-refractivity contribution in [3.63, 3.8) is 0 Å². The predicted octanol–water partition coefficient (Wildman–Crippen LogP) is 5.92. The van der Waals surface area contributed by atoms with Crippen molar-refractivity contribution in [2.45, 2.75) is 52.5 Å². The molecule has 2 heterocycles. The fraction of sp³-hybridized carbons (Fsp3) is 0.348. The van der Waals surface area contributed by atoms with Gasteiger partial charge < -0.3 is 4.57 Å². The van der Waals surface area contributed by atoms with Crippen molar-refractivity contribution in [1.82, 2.24) is 19.5 Å². The standard InChI is InChI=1S/C23H26N4/c1-6-15(2)27-21(16-11-13-17(14-12-16)23(3,4)5)26-20-22(27)25-19-10-8-7-9-18(19)24-20/h7-15H,6H2,1-5H3/t15-/m0/s1. The van der Waals surface area contributed by atoms with E-state index in [2.05, 4.69) is 63.5 Å². The van der Waals surface area contributed by atoms with Crippen molar-refractivity contribution < 1.29 is 0 Å². The average Bonchev–Trinajstić information content (AvgIpc) is 3.03. The molecule has 0 saturated carbocycles. The molecule has 0 amide bonds. The second kappa shape index (κ2) is 6.45. The molecule has 0 spiro atoms. The Morgan fingerprint density at radius 2 is 1.52 bits per heavy atom. The maximum atomic E-state index is 4.89. The van der Waals surface area contributed by atoms with Crippen molar-refractivity contribution in [3.8, 4) is 11.4 Å². The minimum absolute atomic E-state index is 0.135. The maximum absolute atomic E-state index is 4.89.